The van der Waals surface area contributed by atoms with E-state index in [1.165, 1.54) is 16.7 Å². The van der Waals surface area contributed by atoms with E-state index >= 15 is 0 Å². The van der Waals surface area contributed by atoms with Crippen LogP contribution in [0.5, 0.6) is 0 Å². The van der Waals surface area contributed by atoms with Crippen molar-refractivity contribution in [2.75, 3.05) is 40.5 Å². The van der Waals surface area contributed by atoms with Gasteiger partial charge in [0.05, 0.1) is 23.5 Å². The molecular weight excluding hydrogens is 538 g/mol. The minimum absolute atomic E-state index is 0.0884. The van der Waals surface area contributed by atoms with Gasteiger partial charge in [-0.1, -0.05) is 47.6 Å². The number of nitrogens with one attached hydrogen (secondary N) is 2. The number of benzene rings is 2. The van der Waals surface area contributed by atoms with Gasteiger partial charge < -0.3 is 31.3 Å². The summed E-state index contributed by atoms with van der Waals surface area (Å²) in [7, 11) is 0. The van der Waals surface area contributed by atoms with Gasteiger partial charge >= 0.3 is 0 Å². The maximum absolute atomic E-state index is 13.0. The number of nitrogens with two attached hydrogens (primary N) is 1. The number of carbonyl (C=O) groups is 2. The highest BCUT2D eigenvalue weighted by Gasteiger charge is 2.36. The van der Waals surface area contributed by atoms with E-state index in [4.69, 9.17) is 17.3 Å². The molecule has 202 valence electrons. The zero-order valence-electron chi connectivity index (χ0n) is 21.4. The Hall–Kier alpha value is -3.80. The lowest BCUT2D eigenvalue weighted by atomic mass is 10.1. The summed E-state index contributed by atoms with van der Waals surface area (Å²) in [6.07, 6.45) is 1.70. The summed E-state index contributed by atoms with van der Waals surface area (Å²) in [6, 6.07) is 14.6. The summed E-state index contributed by atoms with van der Waals surface area (Å²) in [4.78, 5) is 39.1. The second-order valence-corrected chi connectivity index (χ2v) is 10.9. The second kappa shape index (κ2) is 11.1. The molecule has 12 heteroatoms. The normalized spacial score (nSPS) is 19.5. The van der Waals surface area contributed by atoms with Gasteiger partial charge in [0.15, 0.2) is 5.82 Å². The summed E-state index contributed by atoms with van der Waals surface area (Å²) in [5.74, 6) is -0.658. The standard InChI is InChI=1S/C27H28ClN7O3S/c1-15-12-34(13-16(2)31-15)21-11-30-26(24(29)33-21)39-20-10-6-9-18(23(20)28)32-25(37)22-19(36)14-35(27(22)38)17-7-4-3-5-8-17/h3-11,15-16,31,36H,12-14H2,1-2H3,(H2,29,33)(H,32,37)/t15-,16+. The van der Waals surface area contributed by atoms with Gasteiger partial charge in [0, 0.05) is 35.8 Å². The predicted octanol–water partition coefficient (Wildman–Crippen LogP) is 3.85. The number of halogens is 1. The first-order valence-corrected chi connectivity index (χ1v) is 13.6. The maximum Gasteiger partial charge on any atom is 0.267 e. The molecule has 0 radical (unpaired) electrons. The van der Waals surface area contributed by atoms with Crippen LogP contribution in [0.2, 0.25) is 5.02 Å². The third-order valence-electron chi connectivity index (χ3n) is 6.40. The van der Waals surface area contributed by atoms with Crippen LogP contribution < -0.4 is 26.2 Å². The van der Waals surface area contributed by atoms with Gasteiger partial charge in [0.2, 0.25) is 0 Å². The highest BCUT2D eigenvalue weighted by atomic mass is 35.5. The van der Waals surface area contributed by atoms with Crippen molar-refractivity contribution in [3.8, 4) is 0 Å². The number of nitrogen functional groups attached to an aromatic ring is 1. The van der Waals surface area contributed by atoms with Crippen molar-refractivity contribution < 1.29 is 14.7 Å². The van der Waals surface area contributed by atoms with Gasteiger partial charge in [-0.05, 0) is 38.1 Å². The van der Waals surface area contributed by atoms with Gasteiger partial charge in [-0.2, -0.15) is 0 Å². The van der Waals surface area contributed by atoms with E-state index in [2.05, 4.69) is 39.3 Å². The molecule has 39 heavy (non-hydrogen) atoms. The van der Waals surface area contributed by atoms with Gasteiger partial charge in [0.1, 0.15) is 22.2 Å². The number of nitrogens with zero attached hydrogens (tertiary/aromatic N) is 4. The first kappa shape index (κ1) is 26.8. The fourth-order valence-corrected chi connectivity index (χ4v) is 5.81. The Balaban J connectivity index is 1.30. The van der Waals surface area contributed by atoms with Gasteiger partial charge in [-0.15, -0.1) is 0 Å². The second-order valence-electron chi connectivity index (χ2n) is 9.51. The number of hydrogen-bond donors (Lipinski definition) is 4. The molecule has 2 amide bonds. The van der Waals surface area contributed by atoms with Crippen molar-refractivity contribution in [1.82, 2.24) is 15.3 Å². The first-order valence-electron chi connectivity index (χ1n) is 12.4. The van der Waals surface area contributed by atoms with Crippen molar-refractivity contribution in [2.24, 2.45) is 0 Å². The molecule has 0 saturated carbocycles. The number of hydrogen-bond acceptors (Lipinski definition) is 9. The van der Waals surface area contributed by atoms with E-state index in [0.717, 1.165) is 13.1 Å². The van der Waals surface area contributed by atoms with Crippen molar-refractivity contribution in [1.29, 1.82) is 0 Å². The Morgan fingerprint density at radius 3 is 2.56 bits per heavy atom. The number of rotatable bonds is 6. The number of anilines is 4. The average Bonchev–Trinajstić information content (AvgIpc) is 3.21. The maximum atomic E-state index is 13.0. The molecule has 1 fully saturated rings. The molecule has 2 atom stereocenters. The van der Waals surface area contributed by atoms with Crippen LogP contribution in [0.15, 0.2) is 76.0 Å². The minimum Gasteiger partial charge on any atom is -0.509 e. The van der Waals surface area contributed by atoms with Crippen molar-refractivity contribution in [2.45, 2.75) is 35.9 Å². The Morgan fingerprint density at radius 1 is 1.15 bits per heavy atom. The van der Waals surface area contributed by atoms with Crippen LogP contribution in [0.4, 0.5) is 23.0 Å². The molecule has 10 nitrogen and oxygen atoms in total. The molecule has 1 saturated heterocycles. The fraction of sp³-hybridized carbons (Fsp3) is 0.259. The molecule has 0 bridgehead atoms. The largest absolute Gasteiger partial charge is 0.509 e. The summed E-state index contributed by atoms with van der Waals surface area (Å²) < 4.78 is 0. The van der Waals surface area contributed by atoms with Crippen LogP contribution in [0.25, 0.3) is 0 Å². The Bertz CT molecular complexity index is 1440. The van der Waals surface area contributed by atoms with Crippen LogP contribution in [-0.4, -0.2) is 58.6 Å². The highest BCUT2D eigenvalue weighted by molar-refractivity contribution is 7.99. The number of aliphatic hydroxyl groups excluding tert-OH is 1. The van der Waals surface area contributed by atoms with Crippen molar-refractivity contribution in [3.05, 3.63) is 71.1 Å². The van der Waals surface area contributed by atoms with Crippen LogP contribution in [0.1, 0.15) is 13.8 Å². The van der Waals surface area contributed by atoms with E-state index in [9.17, 15) is 14.7 Å². The number of aromatic nitrogens is 2. The number of para-hydroxylation sites is 1. The smallest absolute Gasteiger partial charge is 0.267 e. The number of amides is 2. The van der Waals surface area contributed by atoms with Crippen LogP contribution in [0.3, 0.4) is 0 Å². The van der Waals surface area contributed by atoms with E-state index in [1.807, 2.05) is 6.07 Å². The number of aliphatic hydroxyl groups is 1. The lowest BCUT2D eigenvalue weighted by Gasteiger charge is -2.36. The third-order valence-corrected chi connectivity index (χ3v) is 7.99. The van der Waals surface area contributed by atoms with Crippen LogP contribution >= 0.6 is 23.4 Å². The molecule has 1 aromatic heterocycles. The molecule has 2 aromatic carbocycles. The molecule has 5 rings (SSSR count). The quantitative estimate of drug-likeness (QED) is 0.328. The van der Waals surface area contributed by atoms with Gasteiger partial charge in [0.25, 0.3) is 11.8 Å². The molecule has 5 N–H and O–H groups in total. The monoisotopic (exact) mass is 565 g/mol. The van der Waals surface area contributed by atoms with E-state index in [0.29, 0.717) is 33.5 Å². The fourth-order valence-electron chi connectivity index (χ4n) is 4.71. The first-order chi connectivity index (χ1) is 18.7. The Kier molecular flexibility index (Phi) is 7.65. The zero-order valence-corrected chi connectivity index (χ0v) is 23.0. The lowest BCUT2D eigenvalue weighted by Crippen LogP contribution is -2.54. The van der Waals surface area contributed by atoms with Crippen LogP contribution in [-0.2, 0) is 9.59 Å². The summed E-state index contributed by atoms with van der Waals surface area (Å²) in [6.45, 7) is 5.76. The molecule has 3 heterocycles. The number of piperazine rings is 1. The third kappa shape index (κ3) is 5.65. The molecule has 0 spiro atoms. The Labute approximate surface area is 235 Å². The average molecular weight is 566 g/mol. The Morgan fingerprint density at radius 2 is 1.87 bits per heavy atom. The van der Waals surface area contributed by atoms with Crippen molar-refractivity contribution >= 4 is 58.2 Å². The lowest BCUT2D eigenvalue weighted by molar-refractivity contribution is -0.119. The SMILES string of the molecule is C[C@@H]1CN(c2cnc(Sc3cccc(NC(=O)C4=C(O)CN(c5ccccc5)C4=O)c3Cl)c(N)n2)C[C@H](C)N1. The molecule has 0 aliphatic carbocycles. The highest BCUT2D eigenvalue weighted by Crippen LogP contribution is 2.39. The molecular formula is C27H28ClN7O3S. The molecule has 2 aliphatic heterocycles. The van der Waals surface area contributed by atoms with Crippen molar-refractivity contribution in [3.63, 3.8) is 0 Å². The molecule has 2 aliphatic rings. The molecule has 0 unspecified atom stereocenters. The summed E-state index contributed by atoms with van der Waals surface area (Å²) in [5, 5.41) is 17.3. The predicted molar refractivity (Wildman–Crippen MR) is 153 cm³/mol. The minimum atomic E-state index is -0.747. The van der Waals surface area contributed by atoms with E-state index < -0.39 is 11.8 Å². The van der Waals surface area contributed by atoms with Crippen LogP contribution in [0, 0.1) is 0 Å². The van der Waals surface area contributed by atoms with E-state index in [1.54, 1.807) is 48.7 Å². The molecule has 3 aromatic rings. The topological polar surface area (TPSA) is 137 Å². The number of carbonyl (C=O) groups excluding carboxylic acids is 2. The van der Waals surface area contributed by atoms with E-state index in [-0.39, 0.29) is 34.4 Å². The summed E-state index contributed by atoms with van der Waals surface area (Å²) >= 11 is 7.85. The zero-order chi connectivity index (χ0) is 27.7. The van der Waals surface area contributed by atoms with Gasteiger partial charge in [-0.3, -0.25) is 9.59 Å². The van der Waals surface area contributed by atoms with Gasteiger partial charge in [-0.25, -0.2) is 9.97 Å². The summed E-state index contributed by atoms with van der Waals surface area (Å²) in [5.41, 5.74) is 6.80.